The molecule has 1 heterocycles. The van der Waals surface area contributed by atoms with Gasteiger partial charge in [0.15, 0.2) is 6.61 Å². The molecule has 0 spiro atoms. The van der Waals surface area contributed by atoms with Crippen molar-refractivity contribution in [2.45, 2.75) is 5.75 Å². The number of hydrogen-bond acceptors (Lipinski definition) is 5. The average Bonchev–Trinajstić information content (AvgIpc) is 2.41. The van der Waals surface area contributed by atoms with Crippen LogP contribution in [0.3, 0.4) is 0 Å². The van der Waals surface area contributed by atoms with Gasteiger partial charge < -0.3 is 9.47 Å². The van der Waals surface area contributed by atoms with Crippen molar-refractivity contribution in [2.24, 2.45) is 0 Å². The highest BCUT2D eigenvalue weighted by Crippen LogP contribution is 2.33. The molecular formula is C13H12O4S. The lowest BCUT2D eigenvalue weighted by atomic mass is 10.0. The first-order valence-corrected chi connectivity index (χ1v) is 6.35. The Kier molecular flexibility index (Phi) is 4.04. The van der Waals surface area contributed by atoms with Gasteiger partial charge in [0.2, 0.25) is 5.12 Å². The Morgan fingerprint density at radius 1 is 1.44 bits per heavy atom. The lowest BCUT2D eigenvalue weighted by molar-refractivity contribution is -0.144. The van der Waals surface area contributed by atoms with E-state index in [1.54, 1.807) is 0 Å². The molecule has 18 heavy (non-hydrogen) atoms. The lowest BCUT2D eigenvalue weighted by Gasteiger charge is -2.16. The Morgan fingerprint density at radius 2 is 2.22 bits per heavy atom. The van der Waals surface area contributed by atoms with Crippen LogP contribution >= 0.6 is 11.8 Å². The SMILES string of the molecule is COC(=O)CO/C=C1\C(=O)SCc2ccccc21. The maximum absolute atomic E-state index is 11.8. The highest BCUT2D eigenvalue weighted by atomic mass is 32.2. The molecule has 5 heteroatoms. The van der Waals surface area contributed by atoms with Crippen molar-refractivity contribution in [1.29, 1.82) is 0 Å². The first-order chi connectivity index (χ1) is 8.72. The molecule has 0 saturated heterocycles. The fourth-order valence-corrected chi connectivity index (χ4v) is 2.46. The zero-order valence-corrected chi connectivity index (χ0v) is 10.7. The summed E-state index contributed by atoms with van der Waals surface area (Å²) >= 11 is 1.23. The largest absolute Gasteiger partial charge is 0.489 e. The van der Waals surface area contributed by atoms with Crippen LogP contribution in [-0.2, 0) is 24.8 Å². The summed E-state index contributed by atoms with van der Waals surface area (Å²) in [4.78, 5) is 22.7. The number of fused-ring (bicyclic) bond motifs is 1. The molecule has 0 aliphatic carbocycles. The van der Waals surface area contributed by atoms with Crippen molar-refractivity contribution < 1.29 is 19.1 Å². The standard InChI is InChI=1S/C13H12O4S/c1-16-12(14)7-17-6-11-10-5-3-2-4-9(10)8-18-13(11)15/h2-6H,7-8H2,1H3/b11-6-. The normalized spacial score (nSPS) is 16.3. The number of methoxy groups -OCH3 is 1. The number of esters is 1. The van der Waals surface area contributed by atoms with E-state index >= 15 is 0 Å². The monoisotopic (exact) mass is 264 g/mol. The highest BCUT2D eigenvalue weighted by molar-refractivity contribution is 8.14. The zero-order chi connectivity index (χ0) is 13.0. The van der Waals surface area contributed by atoms with Gasteiger partial charge in [-0.2, -0.15) is 0 Å². The van der Waals surface area contributed by atoms with Crippen molar-refractivity contribution in [1.82, 2.24) is 0 Å². The number of rotatable bonds is 3. The molecule has 1 aliphatic heterocycles. The van der Waals surface area contributed by atoms with Gasteiger partial charge in [-0.25, -0.2) is 4.79 Å². The summed E-state index contributed by atoms with van der Waals surface area (Å²) < 4.78 is 9.53. The third-order valence-corrected chi connectivity index (χ3v) is 3.45. The molecule has 94 valence electrons. The fraction of sp³-hybridized carbons (Fsp3) is 0.231. The summed E-state index contributed by atoms with van der Waals surface area (Å²) in [5.41, 5.74) is 2.45. The first-order valence-electron chi connectivity index (χ1n) is 5.36. The van der Waals surface area contributed by atoms with E-state index < -0.39 is 5.97 Å². The number of hydrogen-bond donors (Lipinski definition) is 0. The summed E-state index contributed by atoms with van der Waals surface area (Å²) in [6, 6.07) is 7.65. The average molecular weight is 264 g/mol. The molecule has 2 rings (SSSR count). The van der Waals surface area contributed by atoms with Crippen LogP contribution in [0.2, 0.25) is 0 Å². The molecule has 4 nitrogen and oxygen atoms in total. The predicted molar refractivity (Wildman–Crippen MR) is 68.7 cm³/mol. The maximum Gasteiger partial charge on any atom is 0.343 e. The van der Waals surface area contributed by atoms with Crippen LogP contribution < -0.4 is 0 Å². The van der Waals surface area contributed by atoms with Gasteiger partial charge in [0.25, 0.3) is 0 Å². The van der Waals surface area contributed by atoms with Crippen LogP contribution in [0.5, 0.6) is 0 Å². The van der Waals surface area contributed by atoms with Crippen LogP contribution in [-0.4, -0.2) is 24.8 Å². The Hall–Kier alpha value is -1.75. The van der Waals surface area contributed by atoms with Crippen molar-refractivity contribution in [3.63, 3.8) is 0 Å². The molecule has 0 unspecified atom stereocenters. The van der Waals surface area contributed by atoms with Crippen LogP contribution in [0.4, 0.5) is 0 Å². The molecule has 0 saturated carbocycles. The van der Waals surface area contributed by atoms with Crippen molar-refractivity contribution in [3.05, 3.63) is 41.7 Å². The van der Waals surface area contributed by atoms with Crippen LogP contribution in [0.15, 0.2) is 30.5 Å². The quantitative estimate of drug-likeness (QED) is 0.475. The predicted octanol–water partition coefficient (Wildman–Crippen LogP) is 1.99. The van der Waals surface area contributed by atoms with E-state index in [-0.39, 0.29) is 11.7 Å². The van der Waals surface area contributed by atoms with Gasteiger partial charge in [-0.05, 0) is 11.1 Å². The Labute approximate surface area is 109 Å². The van der Waals surface area contributed by atoms with Gasteiger partial charge in [-0.3, -0.25) is 4.79 Å². The molecule has 0 bridgehead atoms. The Balaban J connectivity index is 2.18. The molecule has 0 fully saturated rings. The molecule has 1 aromatic carbocycles. The molecule has 0 aromatic heterocycles. The maximum atomic E-state index is 11.8. The lowest BCUT2D eigenvalue weighted by Crippen LogP contribution is -2.10. The molecule has 1 aliphatic rings. The summed E-state index contributed by atoms with van der Waals surface area (Å²) in [6.45, 7) is -0.194. The first kappa shape index (κ1) is 12.7. The summed E-state index contributed by atoms with van der Waals surface area (Å²) in [7, 11) is 1.29. The molecule has 1 aromatic rings. The third kappa shape index (κ3) is 2.73. The van der Waals surface area contributed by atoms with Gasteiger partial charge in [0, 0.05) is 5.75 Å². The number of carbonyl (C=O) groups excluding carboxylic acids is 2. The minimum Gasteiger partial charge on any atom is -0.489 e. The second-order valence-electron chi connectivity index (χ2n) is 3.65. The third-order valence-electron chi connectivity index (χ3n) is 2.52. The van der Waals surface area contributed by atoms with E-state index in [0.717, 1.165) is 11.1 Å². The van der Waals surface area contributed by atoms with E-state index in [1.807, 2.05) is 24.3 Å². The van der Waals surface area contributed by atoms with Gasteiger partial charge >= 0.3 is 5.97 Å². The number of ether oxygens (including phenoxy) is 2. The number of thioether (sulfide) groups is 1. The van der Waals surface area contributed by atoms with E-state index in [9.17, 15) is 9.59 Å². The van der Waals surface area contributed by atoms with E-state index in [0.29, 0.717) is 11.3 Å². The second kappa shape index (κ2) is 5.73. The number of carbonyl (C=O) groups is 2. The fourth-order valence-electron chi connectivity index (χ4n) is 1.60. The van der Waals surface area contributed by atoms with Crippen LogP contribution in [0.25, 0.3) is 5.57 Å². The summed E-state index contributed by atoms with van der Waals surface area (Å²) in [5.74, 6) is 0.194. The molecule has 0 atom stereocenters. The molecule has 0 N–H and O–H groups in total. The van der Waals surface area contributed by atoms with E-state index in [2.05, 4.69) is 4.74 Å². The summed E-state index contributed by atoms with van der Waals surface area (Å²) in [5, 5.41) is -0.0430. The van der Waals surface area contributed by atoms with Crippen LogP contribution in [0, 0.1) is 0 Å². The minimum absolute atomic E-state index is 0.0430. The van der Waals surface area contributed by atoms with Crippen molar-refractivity contribution >= 4 is 28.4 Å². The van der Waals surface area contributed by atoms with Crippen LogP contribution in [0.1, 0.15) is 11.1 Å². The highest BCUT2D eigenvalue weighted by Gasteiger charge is 2.22. The van der Waals surface area contributed by atoms with Crippen molar-refractivity contribution in [2.75, 3.05) is 13.7 Å². The van der Waals surface area contributed by atoms with Gasteiger partial charge in [-0.1, -0.05) is 36.0 Å². The molecular weight excluding hydrogens is 252 g/mol. The molecule has 0 amide bonds. The smallest absolute Gasteiger partial charge is 0.343 e. The second-order valence-corrected chi connectivity index (χ2v) is 4.60. The van der Waals surface area contributed by atoms with E-state index in [1.165, 1.54) is 25.1 Å². The molecule has 0 radical (unpaired) electrons. The minimum atomic E-state index is -0.476. The van der Waals surface area contributed by atoms with Gasteiger partial charge in [0.1, 0.15) is 0 Å². The summed E-state index contributed by atoms with van der Waals surface area (Å²) in [6.07, 6.45) is 1.34. The van der Waals surface area contributed by atoms with Gasteiger partial charge in [0.05, 0.1) is 18.9 Å². The number of benzene rings is 1. The Bertz CT molecular complexity index is 507. The zero-order valence-electron chi connectivity index (χ0n) is 9.84. The van der Waals surface area contributed by atoms with Crippen molar-refractivity contribution in [3.8, 4) is 0 Å². The van der Waals surface area contributed by atoms with E-state index in [4.69, 9.17) is 4.74 Å². The topological polar surface area (TPSA) is 52.6 Å². The van der Waals surface area contributed by atoms with Gasteiger partial charge in [-0.15, -0.1) is 0 Å². The Morgan fingerprint density at radius 3 is 3.00 bits per heavy atom.